The van der Waals surface area contributed by atoms with Crippen molar-refractivity contribution >= 4 is 5.95 Å². The molecular weight excluding hydrogens is 308 g/mol. The van der Waals surface area contributed by atoms with Gasteiger partial charge in [0, 0.05) is 31.3 Å². The topological polar surface area (TPSA) is 103 Å². The lowest BCUT2D eigenvalue weighted by Crippen LogP contribution is -2.44. The van der Waals surface area contributed by atoms with Gasteiger partial charge in [0.25, 0.3) is 0 Å². The molecule has 1 aliphatic heterocycles. The zero-order valence-corrected chi connectivity index (χ0v) is 13.8. The van der Waals surface area contributed by atoms with E-state index >= 15 is 0 Å². The molecule has 1 aliphatic carbocycles. The summed E-state index contributed by atoms with van der Waals surface area (Å²) in [5.41, 5.74) is 5.91. The smallest absolute Gasteiger partial charge is 0.229 e. The summed E-state index contributed by atoms with van der Waals surface area (Å²) < 4.78 is 10.7. The lowest BCUT2D eigenvalue weighted by molar-refractivity contribution is 0.228. The van der Waals surface area contributed by atoms with Crippen molar-refractivity contribution in [1.82, 2.24) is 20.1 Å². The molecule has 2 aliphatic rings. The summed E-state index contributed by atoms with van der Waals surface area (Å²) in [6, 6.07) is 1.75. The molecule has 0 spiro atoms. The van der Waals surface area contributed by atoms with Crippen LogP contribution in [0.2, 0.25) is 0 Å². The molecule has 8 nitrogen and oxygen atoms in total. The van der Waals surface area contributed by atoms with Crippen molar-refractivity contribution in [3.05, 3.63) is 24.0 Å². The molecule has 2 fully saturated rings. The highest BCUT2D eigenvalue weighted by Gasteiger charge is 2.39. The first-order valence-corrected chi connectivity index (χ1v) is 8.43. The van der Waals surface area contributed by atoms with Crippen LogP contribution in [0.1, 0.15) is 49.7 Å². The number of methoxy groups -OCH3 is 1. The van der Waals surface area contributed by atoms with Crippen molar-refractivity contribution in [3.63, 3.8) is 0 Å². The summed E-state index contributed by atoms with van der Waals surface area (Å²) in [7, 11) is 1.61. The van der Waals surface area contributed by atoms with Crippen LogP contribution in [0, 0.1) is 0 Å². The molecule has 0 atom stereocenters. The maximum absolute atomic E-state index is 6.27. The maximum atomic E-state index is 6.27. The van der Waals surface area contributed by atoms with Gasteiger partial charge in [-0.1, -0.05) is 5.16 Å². The Labute approximate surface area is 140 Å². The third-order valence-electron chi connectivity index (χ3n) is 5.09. The van der Waals surface area contributed by atoms with Gasteiger partial charge in [-0.15, -0.1) is 0 Å². The van der Waals surface area contributed by atoms with Crippen molar-refractivity contribution in [1.29, 1.82) is 0 Å². The Hall–Kier alpha value is -2.22. The molecule has 2 aromatic rings. The lowest BCUT2D eigenvalue weighted by atomic mass is 9.77. The van der Waals surface area contributed by atoms with Gasteiger partial charge in [-0.2, -0.15) is 9.97 Å². The number of rotatable bonds is 4. The van der Waals surface area contributed by atoms with Gasteiger partial charge in [-0.25, -0.2) is 4.98 Å². The van der Waals surface area contributed by atoms with Gasteiger partial charge < -0.3 is 19.9 Å². The van der Waals surface area contributed by atoms with Gasteiger partial charge in [0.15, 0.2) is 5.82 Å². The van der Waals surface area contributed by atoms with E-state index in [-0.39, 0.29) is 11.5 Å². The minimum absolute atomic E-state index is 0.275. The van der Waals surface area contributed by atoms with E-state index in [1.54, 1.807) is 19.4 Å². The number of hydrogen-bond donors (Lipinski definition) is 1. The molecule has 128 valence electrons. The summed E-state index contributed by atoms with van der Waals surface area (Å²) in [6.07, 6.45) is 6.60. The molecule has 1 saturated carbocycles. The summed E-state index contributed by atoms with van der Waals surface area (Å²) in [5.74, 6) is 2.94. The van der Waals surface area contributed by atoms with Crippen LogP contribution in [0.3, 0.4) is 0 Å². The van der Waals surface area contributed by atoms with E-state index in [2.05, 4.69) is 25.0 Å². The number of anilines is 1. The van der Waals surface area contributed by atoms with E-state index in [1.165, 1.54) is 0 Å². The van der Waals surface area contributed by atoms with Gasteiger partial charge in [-0.3, -0.25) is 0 Å². The minimum Gasteiger partial charge on any atom is -0.481 e. The van der Waals surface area contributed by atoms with Crippen molar-refractivity contribution in [2.75, 3.05) is 25.1 Å². The summed E-state index contributed by atoms with van der Waals surface area (Å²) >= 11 is 0. The summed E-state index contributed by atoms with van der Waals surface area (Å²) in [6.45, 7) is 1.70. The van der Waals surface area contributed by atoms with Crippen molar-refractivity contribution in [2.45, 2.75) is 43.6 Å². The molecule has 0 bridgehead atoms. The molecule has 0 amide bonds. The largest absolute Gasteiger partial charge is 0.481 e. The second-order valence-corrected chi connectivity index (χ2v) is 6.63. The van der Waals surface area contributed by atoms with Gasteiger partial charge >= 0.3 is 0 Å². The van der Waals surface area contributed by atoms with E-state index in [4.69, 9.17) is 15.0 Å². The average Bonchev–Trinajstić information content (AvgIpc) is 3.10. The molecule has 0 aromatic carbocycles. The van der Waals surface area contributed by atoms with E-state index in [0.29, 0.717) is 23.5 Å². The Morgan fingerprint density at radius 2 is 2.08 bits per heavy atom. The summed E-state index contributed by atoms with van der Waals surface area (Å²) in [5, 5.41) is 4.12. The zero-order chi connectivity index (χ0) is 16.6. The zero-order valence-electron chi connectivity index (χ0n) is 13.8. The van der Waals surface area contributed by atoms with E-state index in [1.807, 2.05) is 0 Å². The normalized spacial score (nSPS) is 20.7. The fraction of sp³-hybridized carbons (Fsp3) is 0.625. The first-order chi connectivity index (χ1) is 11.7. The van der Waals surface area contributed by atoms with E-state index in [9.17, 15) is 0 Å². The van der Waals surface area contributed by atoms with Crippen LogP contribution in [-0.2, 0) is 5.54 Å². The first-order valence-electron chi connectivity index (χ1n) is 8.43. The maximum Gasteiger partial charge on any atom is 0.229 e. The monoisotopic (exact) mass is 330 g/mol. The molecule has 24 heavy (non-hydrogen) atoms. The number of piperidine rings is 1. The molecule has 2 aromatic heterocycles. The molecule has 3 heterocycles. The van der Waals surface area contributed by atoms with Crippen LogP contribution in [0.4, 0.5) is 5.95 Å². The van der Waals surface area contributed by atoms with Crippen molar-refractivity contribution in [3.8, 4) is 5.88 Å². The third-order valence-corrected chi connectivity index (χ3v) is 5.09. The number of nitrogens with zero attached hydrogens (tertiary/aromatic N) is 5. The van der Waals surface area contributed by atoms with Crippen LogP contribution in [-0.4, -0.2) is 40.3 Å². The van der Waals surface area contributed by atoms with Crippen molar-refractivity contribution in [2.24, 2.45) is 5.73 Å². The minimum atomic E-state index is -0.364. The van der Waals surface area contributed by atoms with Gasteiger partial charge in [0.05, 0.1) is 12.6 Å². The fourth-order valence-electron chi connectivity index (χ4n) is 3.31. The van der Waals surface area contributed by atoms with Crippen LogP contribution >= 0.6 is 0 Å². The Bertz CT molecular complexity index is 706. The Kier molecular flexibility index (Phi) is 3.84. The first kappa shape index (κ1) is 15.3. The lowest BCUT2D eigenvalue weighted by Gasteiger charge is -2.34. The molecular formula is C16H22N6O2. The second-order valence-electron chi connectivity index (χ2n) is 6.63. The number of aromatic nitrogens is 4. The average molecular weight is 330 g/mol. The number of hydrogen-bond acceptors (Lipinski definition) is 8. The number of nitrogens with two attached hydrogens (primary N) is 1. The van der Waals surface area contributed by atoms with Gasteiger partial charge in [0.1, 0.15) is 0 Å². The predicted molar refractivity (Wildman–Crippen MR) is 86.8 cm³/mol. The molecule has 0 radical (unpaired) electrons. The third kappa shape index (κ3) is 2.71. The Morgan fingerprint density at radius 1 is 1.29 bits per heavy atom. The predicted octanol–water partition coefficient (Wildman–Crippen LogP) is 1.59. The quantitative estimate of drug-likeness (QED) is 0.901. The van der Waals surface area contributed by atoms with Gasteiger partial charge in [0.2, 0.25) is 17.7 Å². The molecule has 8 heteroatoms. The molecule has 2 N–H and O–H groups in total. The number of ether oxygens (including phenoxy) is 1. The molecule has 4 rings (SSSR count). The van der Waals surface area contributed by atoms with Crippen LogP contribution < -0.4 is 15.4 Å². The highest BCUT2D eigenvalue weighted by Crippen LogP contribution is 2.38. The van der Waals surface area contributed by atoms with Crippen LogP contribution in [0.25, 0.3) is 0 Å². The van der Waals surface area contributed by atoms with Crippen LogP contribution in [0.5, 0.6) is 5.88 Å². The SMILES string of the molecule is COc1ccnc(N2CCC(c3nc(C4(N)CCC4)no3)CC2)n1. The Balaban J connectivity index is 1.41. The van der Waals surface area contributed by atoms with Crippen molar-refractivity contribution < 1.29 is 9.26 Å². The van der Waals surface area contributed by atoms with Crippen LogP contribution in [0.15, 0.2) is 16.8 Å². The highest BCUT2D eigenvalue weighted by atomic mass is 16.5. The van der Waals surface area contributed by atoms with E-state index < -0.39 is 0 Å². The molecule has 1 saturated heterocycles. The Morgan fingerprint density at radius 3 is 2.75 bits per heavy atom. The standard InChI is InChI=1S/C16H22N6O2/c1-23-12-3-8-18-15(19-12)22-9-4-11(5-10-22)13-20-14(21-24-13)16(17)6-2-7-16/h3,8,11H,2,4-7,9-10,17H2,1H3. The highest BCUT2D eigenvalue weighted by molar-refractivity contribution is 5.33. The van der Waals surface area contributed by atoms with Gasteiger partial charge in [-0.05, 0) is 32.1 Å². The molecule has 0 unspecified atom stereocenters. The fourth-order valence-corrected chi connectivity index (χ4v) is 3.31. The van der Waals surface area contributed by atoms with E-state index in [0.717, 1.165) is 45.2 Å². The second kappa shape index (κ2) is 6.01. The summed E-state index contributed by atoms with van der Waals surface area (Å²) in [4.78, 5) is 15.5.